The van der Waals surface area contributed by atoms with Crippen molar-refractivity contribution in [2.45, 2.75) is 91.6 Å². The summed E-state index contributed by atoms with van der Waals surface area (Å²) in [6.45, 7) is 12.4. The summed E-state index contributed by atoms with van der Waals surface area (Å²) < 4.78 is 11.2. The molecular weight excluding hydrogens is 518 g/mol. The minimum atomic E-state index is -1.20. The van der Waals surface area contributed by atoms with Crippen molar-refractivity contribution in [3.8, 4) is 5.75 Å². The third-order valence-corrected chi connectivity index (χ3v) is 6.80. The average Bonchev–Trinajstić information content (AvgIpc) is 2.83. The molecule has 1 aromatic carbocycles. The van der Waals surface area contributed by atoms with Gasteiger partial charge in [0.05, 0.1) is 30.3 Å². The molecule has 0 radical (unpaired) electrons. The summed E-state index contributed by atoms with van der Waals surface area (Å²) in [4.78, 5) is 52.0. The molecule has 0 aliphatic carbocycles. The summed E-state index contributed by atoms with van der Waals surface area (Å²) in [5.74, 6) is -2.29. The van der Waals surface area contributed by atoms with Crippen molar-refractivity contribution in [3.05, 3.63) is 24.3 Å². The molecule has 4 N–H and O–H groups in total. The van der Waals surface area contributed by atoms with E-state index in [1.54, 1.807) is 58.9 Å². The number of nitrogens with one attached hydrogen (secondary N) is 2. The first-order chi connectivity index (χ1) is 18.4. The molecular formula is C29H45N3O8. The lowest BCUT2D eigenvalue weighted by Gasteiger charge is -2.37. The molecule has 1 aromatic rings. The minimum absolute atomic E-state index is 0.0214. The Hall–Kier alpha value is -3.34. The van der Waals surface area contributed by atoms with Gasteiger partial charge in [-0.05, 0) is 57.1 Å². The molecule has 4 atom stereocenters. The fourth-order valence-electron chi connectivity index (χ4n) is 4.77. The second kappa shape index (κ2) is 13.3. The van der Waals surface area contributed by atoms with Crippen LogP contribution in [0, 0.1) is 17.3 Å². The molecule has 224 valence electrons. The van der Waals surface area contributed by atoms with Gasteiger partial charge in [-0.1, -0.05) is 39.8 Å². The van der Waals surface area contributed by atoms with Gasteiger partial charge in [0.25, 0.3) is 5.91 Å². The van der Waals surface area contributed by atoms with Crippen LogP contribution in [-0.2, 0) is 19.1 Å². The molecule has 2 rings (SSSR count). The Bertz CT molecular complexity index is 1070. The molecule has 1 heterocycles. The highest BCUT2D eigenvalue weighted by molar-refractivity contribution is 5.97. The number of amides is 3. The summed E-state index contributed by atoms with van der Waals surface area (Å²) in [7, 11) is 1.50. The summed E-state index contributed by atoms with van der Waals surface area (Å²) in [5, 5.41) is 26.0. The van der Waals surface area contributed by atoms with Crippen LogP contribution in [0.4, 0.5) is 10.5 Å². The summed E-state index contributed by atoms with van der Waals surface area (Å²) in [6, 6.07) is 6.09. The van der Waals surface area contributed by atoms with Crippen LogP contribution in [0.1, 0.15) is 67.7 Å². The van der Waals surface area contributed by atoms with Crippen molar-refractivity contribution in [2.75, 3.05) is 18.5 Å². The average molecular weight is 564 g/mol. The van der Waals surface area contributed by atoms with Gasteiger partial charge < -0.3 is 35.2 Å². The molecule has 3 amide bonds. The molecule has 0 fully saturated rings. The van der Waals surface area contributed by atoms with Crippen LogP contribution in [-0.4, -0.2) is 71.5 Å². The van der Waals surface area contributed by atoms with E-state index in [1.807, 2.05) is 13.8 Å². The Labute approximate surface area is 236 Å². The number of alkyl carbamates (subject to hydrolysis) is 1. The van der Waals surface area contributed by atoms with Gasteiger partial charge in [0.1, 0.15) is 11.4 Å². The highest BCUT2D eigenvalue weighted by Gasteiger charge is 2.38. The number of fused-ring (bicyclic) bond motifs is 1. The molecule has 0 saturated carbocycles. The van der Waals surface area contributed by atoms with E-state index in [2.05, 4.69) is 10.6 Å². The molecule has 3 unspecified atom stereocenters. The Morgan fingerprint density at radius 3 is 2.30 bits per heavy atom. The van der Waals surface area contributed by atoms with E-state index >= 15 is 0 Å². The van der Waals surface area contributed by atoms with E-state index in [9.17, 15) is 29.4 Å². The zero-order valence-corrected chi connectivity index (χ0v) is 24.8. The van der Waals surface area contributed by atoms with Crippen molar-refractivity contribution in [3.63, 3.8) is 0 Å². The van der Waals surface area contributed by atoms with E-state index in [0.29, 0.717) is 11.4 Å². The lowest BCUT2D eigenvalue weighted by molar-refractivity contribution is -0.144. The number of para-hydroxylation sites is 2. The number of hydrogen-bond acceptors (Lipinski definition) is 7. The van der Waals surface area contributed by atoms with Gasteiger partial charge in [-0.2, -0.15) is 0 Å². The number of likely N-dealkylation sites (N-methyl/N-ethyl adjacent to an activating group) is 1. The lowest BCUT2D eigenvalue weighted by atomic mass is 9.78. The molecule has 1 aliphatic heterocycles. The maximum absolute atomic E-state index is 13.6. The number of carbonyl (C=O) groups excluding carboxylic acids is 3. The molecule has 11 nitrogen and oxygen atoms in total. The number of nitrogens with zero attached hydrogens (tertiary/aromatic N) is 1. The Kier molecular flexibility index (Phi) is 11.0. The topological polar surface area (TPSA) is 154 Å². The van der Waals surface area contributed by atoms with Gasteiger partial charge in [-0.15, -0.1) is 0 Å². The van der Waals surface area contributed by atoms with Crippen molar-refractivity contribution < 1.29 is 38.9 Å². The van der Waals surface area contributed by atoms with Crippen molar-refractivity contribution in [1.82, 2.24) is 10.6 Å². The van der Waals surface area contributed by atoms with E-state index < -0.39 is 47.2 Å². The number of carbonyl (C=O) groups is 4. The molecule has 0 aromatic heterocycles. The van der Waals surface area contributed by atoms with Gasteiger partial charge >= 0.3 is 12.1 Å². The summed E-state index contributed by atoms with van der Waals surface area (Å²) in [5.41, 5.74) is -0.977. The zero-order chi connectivity index (χ0) is 30.4. The first-order valence-corrected chi connectivity index (χ1v) is 13.6. The Balaban J connectivity index is 2.27. The third-order valence-electron chi connectivity index (χ3n) is 6.80. The summed E-state index contributed by atoms with van der Waals surface area (Å²) in [6.07, 6.45) is -2.72. The van der Waals surface area contributed by atoms with Gasteiger partial charge in [0.15, 0.2) is 6.10 Å². The SMILES string of the molecule is CNC(=O)[C@@H]1CN(C(=O)CC(C)(C)CC(NC(=O)OC(C)(C)C)C(O)CC(C(=O)O)C(C)C)c2ccccc2O1. The molecule has 40 heavy (non-hydrogen) atoms. The number of aliphatic hydroxyl groups excluding tert-OH is 1. The number of carboxylic acids is 1. The van der Waals surface area contributed by atoms with Crippen molar-refractivity contribution >= 4 is 29.6 Å². The van der Waals surface area contributed by atoms with Crippen molar-refractivity contribution in [1.29, 1.82) is 0 Å². The van der Waals surface area contributed by atoms with Crippen LogP contribution in [0.3, 0.4) is 0 Å². The number of hydrogen-bond donors (Lipinski definition) is 4. The number of ether oxygens (including phenoxy) is 2. The normalized spacial score (nSPS) is 17.6. The van der Waals surface area contributed by atoms with Crippen molar-refractivity contribution in [2.24, 2.45) is 17.3 Å². The highest BCUT2D eigenvalue weighted by Crippen LogP contribution is 2.36. The highest BCUT2D eigenvalue weighted by atomic mass is 16.6. The van der Waals surface area contributed by atoms with Crippen LogP contribution in [0.5, 0.6) is 5.75 Å². The minimum Gasteiger partial charge on any atom is -0.481 e. The van der Waals surface area contributed by atoms with Crippen LogP contribution >= 0.6 is 0 Å². The standard InChI is InChI=1S/C29H45N3O8/c1-17(2)18(26(36)37)13-21(33)19(31-27(38)40-28(3,4)5)14-29(6,7)15-24(34)32-16-23(25(35)30-8)39-22-12-10-9-11-20(22)32/h9-12,17-19,21,23,33H,13-16H2,1-8H3,(H,30,35)(H,31,38)(H,36,37)/t18?,19?,21?,23-/m0/s1. The monoisotopic (exact) mass is 563 g/mol. The number of anilines is 1. The van der Waals surface area contributed by atoms with E-state index in [1.165, 1.54) is 11.9 Å². The smallest absolute Gasteiger partial charge is 0.407 e. The predicted octanol–water partition coefficient (Wildman–Crippen LogP) is 3.33. The van der Waals surface area contributed by atoms with Gasteiger partial charge in [-0.3, -0.25) is 14.4 Å². The van der Waals surface area contributed by atoms with Crippen LogP contribution < -0.4 is 20.3 Å². The first kappa shape index (κ1) is 32.9. The molecule has 1 aliphatic rings. The first-order valence-electron chi connectivity index (χ1n) is 13.6. The number of aliphatic hydroxyl groups is 1. The number of benzene rings is 1. The predicted molar refractivity (Wildman–Crippen MR) is 150 cm³/mol. The second-order valence-electron chi connectivity index (χ2n) is 12.5. The van der Waals surface area contributed by atoms with Gasteiger partial charge in [0, 0.05) is 13.5 Å². The number of carboxylic acid groups (broad SMARTS) is 1. The second-order valence-corrected chi connectivity index (χ2v) is 12.5. The number of aliphatic carboxylic acids is 1. The molecule has 11 heteroatoms. The van der Waals surface area contributed by atoms with Crippen LogP contribution in [0.2, 0.25) is 0 Å². The maximum atomic E-state index is 13.6. The van der Waals surface area contributed by atoms with Crippen LogP contribution in [0.15, 0.2) is 24.3 Å². The van der Waals surface area contributed by atoms with Gasteiger partial charge in [-0.25, -0.2) is 4.79 Å². The Morgan fingerprint density at radius 2 is 1.75 bits per heavy atom. The molecule has 0 saturated heterocycles. The largest absolute Gasteiger partial charge is 0.481 e. The quantitative estimate of drug-likeness (QED) is 0.320. The molecule has 0 spiro atoms. The van der Waals surface area contributed by atoms with E-state index in [4.69, 9.17) is 9.47 Å². The Morgan fingerprint density at radius 1 is 1.12 bits per heavy atom. The van der Waals surface area contributed by atoms with E-state index in [-0.39, 0.29) is 43.5 Å². The van der Waals surface area contributed by atoms with Crippen LogP contribution in [0.25, 0.3) is 0 Å². The third kappa shape index (κ3) is 9.39. The van der Waals surface area contributed by atoms with E-state index in [0.717, 1.165) is 0 Å². The lowest BCUT2D eigenvalue weighted by Crippen LogP contribution is -2.51. The fourth-order valence-corrected chi connectivity index (χ4v) is 4.77. The zero-order valence-electron chi connectivity index (χ0n) is 24.8. The maximum Gasteiger partial charge on any atom is 0.407 e. The summed E-state index contributed by atoms with van der Waals surface area (Å²) >= 11 is 0. The van der Waals surface area contributed by atoms with Gasteiger partial charge in [0.2, 0.25) is 5.91 Å². The number of rotatable bonds is 11. The molecule has 0 bridgehead atoms. The fraction of sp³-hybridized carbons (Fsp3) is 0.655.